The van der Waals surface area contributed by atoms with Crippen LogP contribution in [0.5, 0.6) is 11.5 Å². The minimum Gasteiger partial charge on any atom is -0.493 e. The first-order valence-corrected chi connectivity index (χ1v) is 9.81. The first-order chi connectivity index (χ1) is 13.6. The molecule has 5 nitrogen and oxygen atoms in total. The molecule has 0 aromatic heterocycles. The van der Waals surface area contributed by atoms with Crippen molar-refractivity contribution in [3.8, 4) is 17.6 Å². The lowest BCUT2D eigenvalue weighted by atomic mass is 10.1. The summed E-state index contributed by atoms with van der Waals surface area (Å²) in [5, 5.41) is 8.64. The molecule has 2 aromatic carbocycles. The minimum atomic E-state index is -0.0457. The van der Waals surface area contributed by atoms with Gasteiger partial charge in [0.15, 0.2) is 18.1 Å². The van der Waals surface area contributed by atoms with Crippen LogP contribution in [0.3, 0.4) is 0 Å². The van der Waals surface area contributed by atoms with Crippen molar-refractivity contribution in [1.82, 2.24) is 4.90 Å². The summed E-state index contributed by atoms with van der Waals surface area (Å²) in [6.07, 6.45) is 5.47. The molecule has 1 aliphatic rings. The molecule has 1 amide bonds. The van der Waals surface area contributed by atoms with Crippen molar-refractivity contribution in [2.45, 2.75) is 25.4 Å². The lowest BCUT2D eigenvalue weighted by Gasteiger charge is -2.21. The molecule has 3 rings (SSSR count). The standard InChI is InChI=1S/C22H21BrN2O3/c1-27-21-14-16(5-9-20(21)28-12-11-24)6-10-22(26)25(19-7-8-19)15-17-3-2-4-18(23)13-17/h2-6,9-10,13-14,19H,7-8,12,15H2,1H3/b10-6+. The minimum absolute atomic E-state index is 0.00810. The smallest absolute Gasteiger partial charge is 0.247 e. The van der Waals surface area contributed by atoms with Crippen molar-refractivity contribution >= 4 is 27.9 Å². The van der Waals surface area contributed by atoms with Crippen LogP contribution in [0.15, 0.2) is 53.0 Å². The van der Waals surface area contributed by atoms with Gasteiger partial charge >= 0.3 is 0 Å². The van der Waals surface area contributed by atoms with Crippen LogP contribution in [-0.2, 0) is 11.3 Å². The molecule has 0 unspecified atom stereocenters. The summed E-state index contributed by atoms with van der Waals surface area (Å²) in [6.45, 7) is 0.549. The summed E-state index contributed by atoms with van der Waals surface area (Å²) in [7, 11) is 1.54. The van der Waals surface area contributed by atoms with E-state index in [1.807, 2.05) is 41.3 Å². The Morgan fingerprint density at radius 2 is 2.11 bits per heavy atom. The molecule has 0 spiro atoms. The van der Waals surface area contributed by atoms with Crippen molar-refractivity contribution < 1.29 is 14.3 Å². The fraction of sp³-hybridized carbons (Fsp3) is 0.273. The highest BCUT2D eigenvalue weighted by Crippen LogP contribution is 2.30. The Morgan fingerprint density at radius 3 is 2.79 bits per heavy atom. The second-order valence-corrected chi connectivity index (χ2v) is 7.43. The fourth-order valence-electron chi connectivity index (χ4n) is 2.89. The van der Waals surface area contributed by atoms with Gasteiger partial charge in [0.2, 0.25) is 5.91 Å². The van der Waals surface area contributed by atoms with Gasteiger partial charge in [-0.1, -0.05) is 34.1 Å². The van der Waals surface area contributed by atoms with Gasteiger partial charge in [-0.05, 0) is 54.3 Å². The number of nitriles is 1. The number of nitrogens with zero attached hydrogens (tertiary/aromatic N) is 2. The van der Waals surface area contributed by atoms with Crippen LogP contribution in [-0.4, -0.2) is 30.6 Å². The zero-order chi connectivity index (χ0) is 19.9. The molecule has 1 saturated carbocycles. The first kappa shape index (κ1) is 20.0. The first-order valence-electron chi connectivity index (χ1n) is 9.01. The van der Waals surface area contributed by atoms with E-state index in [9.17, 15) is 4.79 Å². The van der Waals surface area contributed by atoms with Crippen LogP contribution in [0.25, 0.3) is 6.08 Å². The Kier molecular flexibility index (Phi) is 6.72. The molecule has 0 N–H and O–H groups in total. The average Bonchev–Trinajstić information content (AvgIpc) is 3.54. The predicted molar refractivity (Wildman–Crippen MR) is 111 cm³/mol. The van der Waals surface area contributed by atoms with Crippen molar-refractivity contribution in [3.63, 3.8) is 0 Å². The number of methoxy groups -OCH3 is 1. The number of carbonyl (C=O) groups excluding carboxylic acids is 1. The van der Waals surface area contributed by atoms with Gasteiger partial charge in [-0.3, -0.25) is 4.79 Å². The zero-order valence-electron chi connectivity index (χ0n) is 15.6. The Hall–Kier alpha value is -2.78. The lowest BCUT2D eigenvalue weighted by Crippen LogP contribution is -2.31. The maximum atomic E-state index is 12.8. The molecule has 6 heteroatoms. The van der Waals surface area contributed by atoms with Gasteiger partial charge in [0.05, 0.1) is 7.11 Å². The zero-order valence-corrected chi connectivity index (χ0v) is 17.2. The van der Waals surface area contributed by atoms with Crippen LogP contribution < -0.4 is 9.47 Å². The van der Waals surface area contributed by atoms with Gasteiger partial charge in [0.1, 0.15) is 6.07 Å². The molecule has 0 saturated heterocycles. The topological polar surface area (TPSA) is 62.6 Å². The van der Waals surface area contributed by atoms with Gasteiger partial charge < -0.3 is 14.4 Å². The second kappa shape index (κ2) is 9.43. The van der Waals surface area contributed by atoms with E-state index in [1.165, 1.54) is 0 Å². The molecule has 28 heavy (non-hydrogen) atoms. The van der Waals surface area contributed by atoms with Crippen molar-refractivity contribution in [1.29, 1.82) is 5.26 Å². The number of hydrogen-bond donors (Lipinski definition) is 0. The summed E-state index contributed by atoms with van der Waals surface area (Å²) in [6, 6.07) is 15.6. The molecule has 1 fully saturated rings. The van der Waals surface area contributed by atoms with E-state index < -0.39 is 0 Å². The Balaban J connectivity index is 1.71. The van der Waals surface area contributed by atoms with Crippen LogP contribution in [0.4, 0.5) is 0 Å². The van der Waals surface area contributed by atoms with Crippen molar-refractivity contribution in [2.24, 2.45) is 0 Å². The highest BCUT2D eigenvalue weighted by molar-refractivity contribution is 9.10. The van der Waals surface area contributed by atoms with Crippen molar-refractivity contribution in [2.75, 3.05) is 13.7 Å². The molecular weight excluding hydrogens is 420 g/mol. The van der Waals surface area contributed by atoms with Gasteiger partial charge in [-0.15, -0.1) is 0 Å². The predicted octanol–water partition coefficient (Wildman–Crippen LogP) is 4.56. The van der Waals surface area contributed by atoms with E-state index in [0.29, 0.717) is 24.1 Å². The van der Waals surface area contributed by atoms with Crippen LogP contribution >= 0.6 is 15.9 Å². The lowest BCUT2D eigenvalue weighted by molar-refractivity contribution is -0.127. The molecule has 0 radical (unpaired) electrons. The third-order valence-corrected chi connectivity index (χ3v) is 4.90. The molecule has 2 aromatic rings. The van der Waals surface area contributed by atoms with E-state index in [2.05, 4.69) is 15.9 Å². The second-order valence-electron chi connectivity index (χ2n) is 6.52. The van der Waals surface area contributed by atoms with Crippen LogP contribution in [0.2, 0.25) is 0 Å². The van der Waals surface area contributed by atoms with E-state index in [1.54, 1.807) is 31.4 Å². The maximum absolute atomic E-state index is 12.8. The quantitative estimate of drug-likeness (QED) is 0.564. The Labute approximate surface area is 173 Å². The van der Waals surface area contributed by atoms with E-state index in [0.717, 1.165) is 28.4 Å². The SMILES string of the molecule is COc1cc(/C=C/C(=O)N(Cc2cccc(Br)c2)C2CC2)ccc1OCC#N. The number of rotatable bonds is 8. The van der Waals surface area contributed by atoms with Gasteiger partial charge in [-0.2, -0.15) is 5.26 Å². The Morgan fingerprint density at radius 1 is 1.29 bits per heavy atom. The summed E-state index contributed by atoms with van der Waals surface area (Å²) >= 11 is 3.48. The molecule has 0 bridgehead atoms. The number of carbonyl (C=O) groups is 1. The van der Waals surface area contributed by atoms with E-state index in [-0.39, 0.29) is 12.5 Å². The number of benzene rings is 2. The van der Waals surface area contributed by atoms with Gasteiger partial charge in [0, 0.05) is 23.1 Å². The summed E-state index contributed by atoms with van der Waals surface area (Å²) < 4.78 is 11.6. The summed E-state index contributed by atoms with van der Waals surface area (Å²) in [5.41, 5.74) is 1.93. The number of hydrogen-bond acceptors (Lipinski definition) is 4. The third-order valence-electron chi connectivity index (χ3n) is 4.41. The number of ether oxygens (including phenoxy) is 2. The molecule has 1 aliphatic carbocycles. The monoisotopic (exact) mass is 440 g/mol. The van der Waals surface area contributed by atoms with Crippen molar-refractivity contribution in [3.05, 3.63) is 64.1 Å². The summed E-state index contributed by atoms with van der Waals surface area (Å²) in [4.78, 5) is 14.7. The summed E-state index contributed by atoms with van der Waals surface area (Å²) in [5.74, 6) is 1.02. The molecule has 0 heterocycles. The number of halogens is 1. The third kappa shape index (κ3) is 5.37. The van der Waals surface area contributed by atoms with Gasteiger partial charge in [-0.25, -0.2) is 0 Å². The molecule has 0 aliphatic heterocycles. The van der Waals surface area contributed by atoms with E-state index >= 15 is 0 Å². The fourth-order valence-corrected chi connectivity index (χ4v) is 3.33. The average molecular weight is 441 g/mol. The van der Waals surface area contributed by atoms with Gasteiger partial charge in [0.25, 0.3) is 0 Å². The molecule has 144 valence electrons. The highest BCUT2D eigenvalue weighted by atomic mass is 79.9. The normalized spacial score (nSPS) is 13.2. The van der Waals surface area contributed by atoms with Crippen LogP contribution in [0.1, 0.15) is 24.0 Å². The molecule has 0 atom stereocenters. The largest absolute Gasteiger partial charge is 0.493 e. The number of amides is 1. The highest BCUT2D eigenvalue weighted by Gasteiger charge is 2.31. The maximum Gasteiger partial charge on any atom is 0.247 e. The van der Waals surface area contributed by atoms with Crippen LogP contribution in [0, 0.1) is 11.3 Å². The Bertz CT molecular complexity index is 916. The van der Waals surface area contributed by atoms with E-state index in [4.69, 9.17) is 14.7 Å². The molecular formula is C22H21BrN2O3.